The summed E-state index contributed by atoms with van der Waals surface area (Å²) in [5.41, 5.74) is 0. The molecule has 0 aliphatic carbocycles. The first kappa shape index (κ1) is 26.1. The van der Waals surface area contributed by atoms with E-state index in [0.29, 0.717) is 0 Å². The van der Waals surface area contributed by atoms with Gasteiger partial charge in [0.1, 0.15) is 5.75 Å². The highest BCUT2D eigenvalue weighted by Crippen LogP contribution is 2.27. The van der Waals surface area contributed by atoms with Gasteiger partial charge in [0.15, 0.2) is 0 Å². The molecule has 5 heteroatoms. The molecular formula is C23H39Cl3OSi. The summed E-state index contributed by atoms with van der Waals surface area (Å²) < 4.78 is 5.72. The van der Waals surface area contributed by atoms with Crippen molar-refractivity contribution in [1.29, 1.82) is 0 Å². The minimum Gasteiger partial charge on any atom is -0.494 e. The van der Waals surface area contributed by atoms with Gasteiger partial charge in [-0.25, -0.2) is 0 Å². The summed E-state index contributed by atoms with van der Waals surface area (Å²) in [6.45, 7) is 0.846. The lowest BCUT2D eigenvalue weighted by atomic mass is 10.0. The Morgan fingerprint density at radius 3 is 1.36 bits per heavy atom. The van der Waals surface area contributed by atoms with Crippen molar-refractivity contribution >= 4 is 39.2 Å². The molecule has 0 fully saturated rings. The van der Waals surface area contributed by atoms with Crippen LogP contribution in [0.5, 0.6) is 5.75 Å². The first-order valence-electron chi connectivity index (χ1n) is 11.3. The number of ether oxygens (including phenoxy) is 1. The molecule has 0 atom stereocenters. The number of benzene rings is 1. The molecule has 1 aromatic carbocycles. The SMILES string of the molecule is Cl[Si](Cl)(Cl)CCCCCCCCCCCCCCCCCOc1ccccc1. The van der Waals surface area contributed by atoms with Gasteiger partial charge in [0.25, 0.3) is 0 Å². The summed E-state index contributed by atoms with van der Waals surface area (Å²) in [6, 6.07) is 8.56. The average Bonchev–Trinajstić information content (AvgIpc) is 2.67. The fourth-order valence-electron chi connectivity index (χ4n) is 3.43. The van der Waals surface area contributed by atoms with Crippen LogP contribution in [0, 0.1) is 0 Å². The summed E-state index contributed by atoms with van der Waals surface area (Å²) in [7, 11) is 0. The molecule has 0 N–H and O–H groups in total. The van der Waals surface area contributed by atoms with Crippen LogP contribution in [0.15, 0.2) is 30.3 Å². The van der Waals surface area contributed by atoms with E-state index in [2.05, 4.69) is 0 Å². The van der Waals surface area contributed by atoms with Crippen LogP contribution in [0.1, 0.15) is 96.3 Å². The molecule has 0 saturated carbocycles. The monoisotopic (exact) mass is 464 g/mol. The Kier molecular flexibility index (Phi) is 16.7. The summed E-state index contributed by atoms with van der Waals surface area (Å²) in [4.78, 5) is 0. The van der Waals surface area contributed by atoms with Crippen molar-refractivity contribution in [2.75, 3.05) is 6.61 Å². The van der Waals surface area contributed by atoms with Gasteiger partial charge in [-0.2, -0.15) is 0 Å². The third-order valence-electron chi connectivity index (χ3n) is 5.12. The highest BCUT2D eigenvalue weighted by atomic mass is 35.8. The second kappa shape index (κ2) is 17.9. The minimum atomic E-state index is -2.37. The highest BCUT2D eigenvalue weighted by Gasteiger charge is 2.23. The van der Waals surface area contributed by atoms with Crippen LogP contribution in [-0.4, -0.2) is 12.6 Å². The number of para-hydroxylation sites is 1. The van der Waals surface area contributed by atoms with E-state index in [4.69, 9.17) is 38.0 Å². The van der Waals surface area contributed by atoms with Crippen LogP contribution in [0.25, 0.3) is 0 Å². The quantitative estimate of drug-likeness (QED) is 0.112. The molecule has 0 radical (unpaired) electrons. The third kappa shape index (κ3) is 18.2. The van der Waals surface area contributed by atoms with Crippen LogP contribution in [0.2, 0.25) is 6.04 Å². The van der Waals surface area contributed by atoms with Gasteiger partial charge in [-0.1, -0.05) is 108 Å². The van der Waals surface area contributed by atoms with E-state index in [1.54, 1.807) is 0 Å². The largest absolute Gasteiger partial charge is 0.494 e. The van der Waals surface area contributed by atoms with Crippen molar-refractivity contribution in [3.05, 3.63) is 30.3 Å². The van der Waals surface area contributed by atoms with Crippen molar-refractivity contribution in [2.24, 2.45) is 0 Å². The predicted octanol–water partition coefficient (Wildman–Crippen LogP) is 9.57. The second-order valence-electron chi connectivity index (χ2n) is 7.83. The maximum atomic E-state index is 5.89. The van der Waals surface area contributed by atoms with Gasteiger partial charge in [0.05, 0.1) is 6.61 Å². The molecule has 0 aliphatic rings. The first-order valence-corrected chi connectivity index (χ1v) is 16.6. The zero-order valence-electron chi connectivity index (χ0n) is 17.4. The lowest BCUT2D eigenvalue weighted by Gasteiger charge is -2.07. The second-order valence-corrected chi connectivity index (χ2v) is 17.1. The van der Waals surface area contributed by atoms with E-state index in [1.807, 2.05) is 30.3 Å². The molecule has 0 saturated heterocycles. The number of unbranched alkanes of at least 4 members (excludes halogenated alkanes) is 14. The summed E-state index contributed by atoms with van der Waals surface area (Å²) in [6.07, 6.45) is 19.9. The normalized spacial score (nSPS) is 11.7. The smallest absolute Gasteiger partial charge is 0.341 e. The van der Waals surface area contributed by atoms with E-state index in [-0.39, 0.29) is 0 Å². The van der Waals surface area contributed by atoms with Crippen molar-refractivity contribution in [3.63, 3.8) is 0 Å². The molecule has 0 aliphatic heterocycles. The lowest BCUT2D eigenvalue weighted by molar-refractivity contribution is 0.304. The maximum absolute atomic E-state index is 5.89. The molecule has 1 rings (SSSR count). The van der Waals surface area contributed by atoms with Gasteiger partial charge in [-0.3, -0.25) is 0 Å². The molecule has 0 aromatic heterocycles. The standard InChI is InChI=1S/C23H39Cl3OSi/c24-28(25,26)22-18-13-11-9-7-5-3-1-2-4-6-8-10-12-17-21-27-23-19-15-14-16-20-23/h14-16,19-20H,1-13,17-18,21-22H2. The Morgan fingerprint density at radius 1 is 0.536 bits per heavy atom. The Hall–Kier alpha value is 0.107. The Labute approximate surface area is 188 Å². The molecule has 0 spiro atoms. The molecule has 28 heavy (non-hydrogen) atoms. The number of rotatable bonds is 19. The zero-order valence-corrected chi connectivity index (χ0v) is 20.7. The molecule has 0 amide bonds. The zero-order chi connectivity index (χ0) is 20.3. The highest BCUT2D eigenvalue weighted by molar-refractivity contribution is 7.64. The number of hydrogen-bond donors (Lipinski definition) is 0. The van der Waals surface area contributed by atoms with Crippen LogP contribution in [-0.2, 0) is 0 Å². The van der Waals surface area contributed by atoms with E-state index in [9.17, 15) is 0 Å². The van der Waals surface area contributed by atoms with Gasteiger partial charge >= 0.3 is 6.00 Å². The Morgan fingerprint density at radius 2 is 0.929 bits per heavy atom. The first-order chi connectivity index (χ1) is 13.6. The Balaban J connectivity index is 1.70. The van der Waals surface area contributed by atoms with Crippen LogP contribution in [0.4, 0.5) is 0 Å². The van der Waals surface area contributed by atoms with E-state index in [0.717, 1.165) is 24.8 Å². The van der Waals surface area contributed by atoms with E-state index < -0.39 is 6.00 Å². The molecule has 0 heterocycles. The molecule has 0 unspecified atom stereocenters. The summed E-state index contributed by atoms with van der Waals surface area (Å²) in [5.74, 6) is 0.990. The van der Waals surface area contributed by atoms with Gasteiger partial charge in [-0.05, 0) is 24.6 Å². The van der Waals surface area contributed by atoms with Crippen LogP contribution in [0.3, 0.4) is 0 Å². The fourth-order valence-corrected chi connectivity index (χ4v) is 5.29. The van der Waals surface area contributed by atoms with Gasteiger partial charge in [0.2, 0.25) is 0 Å². The lowest BCUT2D eigenvalue weighted by Crippen LogP contribution is -2.07. The van der Waals surface area contributed by atoms with Crippen molar-refractivity contribution in [2.45, 2.75) is 102 Å². The van der Waals surface area contributed by atoms with Crippen molar-refractivity contribution < 1.29 is 4.74 Å². The summed E-state index contributed by atoms with van der Waals surface area (Å²) >= 11 is 17.7. The fraction of sp³-hybridized carbons (Fsp3) is 0.739. The van der Waals surface area contributed by atoms with Gasteiger partial charge < -0.3 is 4.74 Å². The molecule has 162 valence electrons. The molecule has 1 nitrogen and oxygen atoms in total. The number of halogens is 3. The Bertz CT molecular complexity index is 451. The minimum absolute atomic E-state index is 0.819. The van der Waals surface area contributed by atoms with Crippen molar-refractivity contribution in [3.8, 4) is 5.75 Å². The maximum Gasteiger partial charge on any atom is 0.341 e. The topological polar surface area (TPSA) is 9.23 Å². The average molecular weight is 466 g/mol. The summed E-state index contributed by atoms with van der Waals surface area (Å²) in [5, 5.41) is 0. The molecule has 0 bridgehead atoms. The number of hydrogen-bond acceptors (Lipinski definition) is 1. The van der Waals surface area contributed by atoms with Crippen LogP contribution >= 0.6 is 33.2 Å². The van der Waals surface area contributed by atoms with Crippen molar-refractivity contribution in [1.82, 2.24) is 0 Å². The van der Waals surface area contributed by atoms with E-state index in [1.165, 1.54) is 89.9 Å². The van der Waals surface area contributed by atoms with E-state index >= 15 is 0 Å². The van der Waals surface area contributed by atoms with Crippen LogP contribution < -0.4 is 4.74 Å². The van der Waals surface area contributed by atoms with Gasteiger partial charge in [-0.15, -0.1) is 33.2 Å². The van der Waals surface area contributed by atoms with Gasteiger partial charge in [0, 0.05) is 0 Å². The molecule has 1 aromatic rings. The predicted molar refractivity (Wildman–Crippen MR) is 129 cm³/mol. The third-order valence-corrected chi connectivity index (χ3v) is 7.74. The molecular weight excluding hydrogens is 427 g/mol.